The number of amides is 2. The number of ether oxygens (including phenoxy) is 2. The van der Waals surface area contributed by atoms with E-state index in [1.165, 1.54) is 6.08 Å². The number of hydrogen-bond donors (Lipinski definition) is 0. The minimum atomic E-state index is -3.45. The third-order valence-electron chi connectivity index (χ3n) is 6.43. The van der Waals surface area contributed by atoms with E-state index in [4.69, 9.17) is 9.47 Å². The molecular weight excluding hydrogens is 474 g/mol. The number of alkyl halides is 4. The van der Waals surface area contributed by atoms with E-state index < -0.39 is 71.8 Å². The molecule has 0 N–H and O–H groups in total. The SMILES string of the molecule is C=CCOC(=O)C(C)(C)CCN1[C@H]2[C@@H](CN1C(=O)[C@@H]1CC1(F)F)N(C(=O)OC(C)(C)C)CC2(F)F. The summed E-state index contributed by atoms with van der Waals surface area (Å²) in [5.41, 5.74) is -2.05. The summed E-state index contributed by atoms with van der Waals surface area (Å²) >= 11 is 0. The molecule has 3 rings (SSSR count). The Balaban J connectivity index is 1.86. The van der Waals surface area contributed by atoms with Crippen molar-refractivity contribution in [2.24, 2.45) is 11.3 Å². The topological polar surface area (TPSA) is 79.4 Å². The maximum atomic E-state index is 15.3. The molecule has 2 heterocycles. The van der Waals surface area contributed by atoms with Crippen LogP contribution in [0.15, 0.2) is 12.7 Å². The number of likely N-dealkylation sites (tertiary alicyclic amines) is 1. The largest absolute Gasteiger partial charge is 0.461 e. The van der Waals surface area contributed by atoms with Crippen LogP contribution in [-0.2, 0) is 19.1 Å². The van der Waals surface area contributed by atoms with Crippen molar-refractivity contribution < 1.29 is 41.4 Å². The van der Waals surface area contributed by atoms with Crippen molar-refractivity contribution in [3.8, 4) is 0 Å². The molecule has 1 aliphatic carbocycles. The zero-order chi connectivity index (χ0) is 26.6. The van der Waals surface area contributed by atoms with Gasteiger partial charge < -0.3 is 9.47 Å². The minimum Gasteiger partial charge on any atom is -0.461 e. The van der Waals surface area contributed by atoms with Gasteiger partial charge in [-0.05, 0) is 41.0 Å². The number of esters is 1. The van der Waals surface area contributed by atoms with Crippen molar-refractivity contribution in [3.05, 3.63) is 12.7 Å². The first kappa shape index (κ1) is 27.2. The molecule has 2 aliphatic heterocycles. The molecule has 0 aromatic heterocycles. The lowest BCUT2D eigenvalue weighted by Crippen LogP contribution is -2.53. The maximum absolute atomic E-state index is 15.3. The lowest BCUT2D eigenvalue weighted by atomic mass is 9.89. The summed E-state index contributed by atoms with van der Waals surface area (Å²) in [7, 11) is 0. The second kappa shape index (κ2) is 8.94. The number of rotatable bonds is 7. The molecule has 0 unspecified atom stereocenters. The Morgan fingerprint density at radius 1 is 1.09 bits per heavy atom. The molecule has 3 fully saturated rings. The number of nitrogens with zero attached hydrogens (tertiary/aromatic N) is 3. The van der Waals surface area contributed by atoms with Crippen LogP contribution in [0.3, 0.4) is 0 Å². The molecule has 3 atom stereocenters. The number of fused-ring (bicyclic) bond motifs is 1. The van der Waals surface area contributed by atoms with Gasteiger partial charge >= 0.3 is 12.1 Å². The van der Waals surface area contributed by atoms with Crippen LogP contribution < -0.4 is 0 Å². The standard InChI is InChI=1S/C23H33F4N3O5/c1-7-10-34-18(32)21(5,6)8-9-29-16-15(12-30(29)17(31)14-11-22(14,24)25)28(13-23(16,26)27)19(33)35-20(2,3)4/h7,14-16H,1,8-13H2,2-6H3/t14-,15+,16-/m0/s1. The first-order chi connectivity index (χ1) is 15.9. The van der Waals surface area contributed by atoms with Crippen molar-refractivity contribution in [1.82, 2.24) is 14.9 Å². The zero-order valence-electron chi connectivity index (χ0n) is 20.7. The van der Waals surface area contributed by atoms with Gasteiger partial charge in [-0.2, -0.15) is 0 Å². The van der Waals surface area contributed by atoms with E-state index in [0.29, 0.717) is 0 Å². The van der Waals surface area contributed by atoms with Gasteiger partial charge in [0, 0.05) is 13.0 Å². The summed E-state index contributed by atoms with van der Waals surface area (Å²) in [4.78, 5) is 38.8. The average molecular weight is 508 g/mol. The van der Waals surface area contributed by atoms with Crippen molar-refractivity contribution in [3.63, 3.8) is 0 Å². The Morgan fingerprint density at radius 2 is 1.69 bits per heavy atom. The van der Waals surface area contributed by atoms with Gasteiger partial charge in [0.05, 0.1) is 24.5 Å². The number of carbonyl (C=O) groups is 3. The molecule has 2 saturated heterocycles. The molecule has 35 heavy (non-hydrogen) atoms. The summed E-state index contributed by atoms with van der Waals surface area (Å²) in [6.07, 6.45) is -0.236. The number of halogens is 4. The third-order valence-corrected chi connectivity index (χ3v) is 6.43. The minimum absolute atomic E-state index is 0.000443. The van der Waals surface area contributed by atoms with E-state index in [2.05, 4.69) is 6.58 Å². The predicted octanol–water partition coefficient (Wildman–Crippen LogP) is 3.47. The van der Waals surface area contributed by atoms with Crippen molar-refractivity contribution in [1.29, 1.82) is 0 Å². The highest BCUT2D eigenvalue weighted by atomic mass is 19.3. The van der Waals surface area contributed by atoms with Crippen LogP contribution in [-0.4, -0.2) is 88.7 Å². The van der Waals surface area contributed by atoms with Crippen LogP contribution >= 0.6 is 0 Å². The molecule has 3 aliphatic rings. The molecule has 1 saturated carbocycles. The fourth-order valence-electron chi connectivity index (χ4n) is 4.42. The first-order valence-electron chi connectivity index (χ1n) is 11.5. The number of hydrogen-bond acceptors (Lipinski definition) is 6. The van der Waals surface area contributed by atoms with E-state index in [1.54, 1.807) is 34.6 Å². The molecule has 198 valence electrons. The molecule has 0 aromatic rings. The summed E-state index contributed by atoms with van der Waals surface area (Å²) in [5, 5.41) is 1.95. The fourth-order valence-corrected chi connectivity index (χ4v) is 4.42. The molecule has 0 bridgehead atoms. The summed E-state index contributed by atoms with van der Waals surface area (Å²) in [6.45, 7) is 9.84. The van der Waals surface area contributed by atoms with Gasteiger partial charge in [0.15, 0.2) is 0 Å². The Bertz CT molecular complexity index is 889. The zero-order valence-corrected chi connectivity index (χ0v) is 20.7. The van der Waals surface area contributed by atoms with Crippen LogP contribution in [0.25, 0.3) is 0 Å². The quantitative estimate of drug-likeness (QED) is 0.298. The van der Waals surface area contributed by atoms with Crippen LogP contribution in [0, 0.1) is 11.3 Å². The molecule has 2 amide bonds. The Labute approximate surface area is 202 Å². The molecule has 0 aromatic carbocycles. The van der Waals surface area contributed by atoms with Crippen LogP contribution in [0.5, 0.6) is 0 Å². The normalized spacial score (nSPS) is 27.4. The Morgan fingerprint density at radius 3 is 2.20 bits per heavy atom. The van der Waals surface area contributed by atoms with Gasteiger partial charge in [-0.25, -0.2) is 27.4 Å². The maximum Gasteiger partial charge on any atom is 0.410 e. The summed E-state index contributed by atoms with van der Waals surface area (Å²) < 4.78 is 68.3. The smallest absolute Gasteiger partial charge is 0.410 e. The predicted molar refractivity (Wildman–Crippen MR) is 116 cm³/mol. The summed E-state index contributed by atoms with van der Waals surface area (Å²) in [5.74, 6) is -9.81. The van der Waals surface area contributed by atoms with Crippen molar-refractivity contribution in [2.45, 2.75) is 77.0 Å². The molecular formula is C23H33F4N3O5. The highest BCUT2D eigenvalue weighted by Crippen LogP contribution is 2.51. The second-order valence-electron chi connectivity index (χ2n) is 11.0. The second-order valence-corrected chi connectivity index (χ2v) is 11.0. The highest BCUT2D eigenvalue weighted by molar-refractivity contribution is 5.83. The van der Waals surface area contributed by atoms with Crippen molar-refractivity contribution >= 4 is 18.0 Å². The average Bonchev–Trinajstić information content (AvgIpc) is 3.06. The van der Waals surface area contributed by atoms with Crippen molar-refractivity contribution in [2.75, 3.05) is 26.2 Å². The van der Waals surface area contributed by atoms with Gasteiger partial charge in [0.1, 0.15) is 24.2 Å². The lowest BCUT2D eigenvalue weighted by molar-refractivity contribution is -0.162. The van der Waals surface area contributed by atoms with E-state index in [1.807, 2.05) is 0 Å². The lowest BCUT2D eigenvalue weighted by Gasteiger charge is -2.35. The van der Waals surface area contributed by atoms with Gasteiger partial charge in [-0.1, -0.05) is 12.7 Å². The van der Waals surface area contributed by atoms with Crippen LogP contribution in [0.4, 0.5) is 22.4 Å². The van der Waals surface area contributed by atoms with E-state index in [-0.39, 0.29) is 26.1 Å². The van der Waals surface area contributed by atoms with Gasteiger partial charge in [0.25, 0.3) is 11.8 Å². The fraction of sp³-hybridized carbons (Fsp3) is 0.783. The summed E-state index contributed by atoms with van der Waals surface area (Å²) in [6, 6.07) is -2.79. The van der Waals surface area contributed by atoms with Crippen LogP contribution in [0.1, 0.15) is 47.5 Å². The van der Waals surface area contributed by atoms with E-state index in [0.717, 1.165) is 14.9 Å². The van der Waals surface area contributed by atoms with Gasteiger partial charge in [0.2, 0.25) is 5.91 Å². The Hall–Kier alpha value is -2.37. The molecule has 8 nitrogen and oxygen atoms in total. The first-order valence-corrected chi connectivity index (χ1v) is 11.5. The van der Waals surface area contributed by atoms with Gasteiger partial charge in [-0.3, -0.25) is 19.5 Å². The van der Waals surface area contributed by atoms with Crippen LogP contribution in [0.2, 0.25) is 0 Å². The van der Waals surface area contributed by atoms with E-state index >= 15 is 8.78 Å². The van der Waals surface area contributed by atoms with Gasteiger partial charge in [-0.15, -0.1) is 0 Å². The monoisotopic (exact) mass is 507 g/mol. The number of carbonyl (C=O) groups excluding carboxylic acids is 3. The highest BCUT2D eigenvalue weighted by Gasteiger charge is 2.68. The Kier molecular flexibility index (Phi) is 6.95. The third kappa shape index (κ3) is 5.57. The molecule has 0 radical (unpaired) electrons. The molecule has 0 spiro atoms. The number of hydrazine groups is 1. The van der Waals surface area contributed by atoms with E-state index in [9.17, 15) is 23.2 Å². The molecule has 12 heteroatoms.